The van der Waals surface area contributed by atoms with Crippen LogP contribution in [0.3, 0.4) is 0 Å². The fourth-order valence-electron chi connectivity index (χ4n) is 1.54. The van der Waals surface area contributed by atoms with Crippen LogP contribution in [0.15, 0.2) is 15.2 Å². The molecule has 0 saturated carbocycles. The number of furan rings is 1. The van der Waals surface area contributed by atoms with Gasteiger partial charge in [-0.25, -0.2) is 0 Å². The summed E-state index contributed by atoms with van der Waals surface area (Å²) < 4.78 is 6.61. The maximum Gasteiger partial charge on any atom is 0.118 e. The highest BCUT2D eigenvalue weighted by atomic mass is 79.9. The molecule has 0 aliphatic carbocycles. The number of hydrogen-bond donors (Lipinski definition) is 0. The molecule has 0 aliphatic heterocycles. The van der Waals surface area contributed by atoms with Crippen LogP contribution in [0.4, 0.5) is 0 Å². The highest BCUT2D eigenvalue weighted by molar-refractivity contribution is 9.10. The second-order valence-corrected chi connectivity index (χ2v) is 4.61. The zero-order valence-electron chi connectivity index (χ0n) is 9.11. The van der Waals surface area contributed by atoms with E-state index in [1.165, 1.54) is 37.7 Å². The second kappa shape index (κ2) is 6.28. The normalized spacial score (nSPS) is 10.8. The lowest BCUT2D eigenvalue weighted by molar-refractivity contribution is 0.490. The van der Waals surface area contributed by atoms with Crippen LogP contribution in [0, 0.1) is 6.92 Å². The van der Waals surface area contributed by atoms with Gasteiger partial charge in [0.25, 0.3) is 0 Å². The Labute approximate surface area is 95.0 Å². The van der Waals surface area contributed by atoms with Crippen LogP contribution in [0.25, 0.3) is 0 Å². The Bertz CT molecular complexity index is 265. The molecule has 0 aromatic carbocycles. The molecule has 0 saturated heterocycles. The maximum absolute atomic E-state index is 5.45. The minimum absolute atomic E-state index is 1.07. The predicted molar refractivity (Wildman–Crippen MR) is 63.6 cm³/mol. The lowest BCUT2D eigenvalue weighted by Gasteiger charge is -1.98. The van der Waals surface area contributed by atoms with Gasteiger partial charge >= 0.3 is 0 Å². The number of unbranched alkanes of at least 4 members (excludes halogenated alkanes) is 4. The fourth-order valence-corrected chi connectivity index (χ4v) is 1.93. The quantitative estimate of drug-likeness (QED) is 0.664. The second-order valence-electron chi connectivity index (χ2n) is 3.82. The molecule has 1 heterocycles. The molecule has 14 heavy (non-hydrogen) atoms. The van der Waals surface area contributed by atoms with Gasteiger partial charge in [0, 0.05) is 12.0 Å². The van der Waals surface area contributed by atoms with Gasteiger partial charge in [-0.2, -0.15) is 0 Å². The van der Waals surface area contributed by atoms with Crippen LogP contribution in [-0.2, 0) is 6.42 Å². The third-order valence-corrected chi connectivity index (χ3v) is 3.54. The molecule has 1 aromatic rings. The molecule has 1 aromatic heterocycles. The summed E-state index contributed by atoms with van der Waals surface area (Å²) in [4.78, 5) is 0. The summed E-state index contributed by atoms with van der Waals surface area (Å²) in [7, 11) is 0. The first-order valence-corrected chi connectivity index (χ1v) is 6.27. The van der Waals surface area contributed by atoms with E-state index in [0.717, 1.165) is 16.7 Å². The van der Waals surface area contributed by atoms with Crippen molar-refractivity contribution in [3.05, 3.63) is 22.1 Å². The van der Waals surface area contributed by atoms with Crippen molar-refractivity contribution >= 4 is 15.9 Å². The monoisotopic (exact) mass is 258 g/mol. The summed E-state index contributed by atoms with van der Waals surface area (Å²) in [5.74, 6) is 1.11. The Kier molecular flexibility index (Phi) is 5.31. The van der Waals surface area contributed by atoms with E-state index in [0.29, 0.717) is 0 Å². The van der Waals surface area contributed by atoms with E-state index in [1.807, 2.05) is 6.26 Å². The maximum atomic E-state index is 5.45. The summed E-state index contributed by atoms with van der Waals surface area (Å²) >= 11 is 3.54. The van der Waals surface area contributed by atoms with Gasteiger partial charge in [0.05, 0.1) is 10.7 Å². The first kappa shape index (κ1) is 11.8. The van der Waals surface area contributed by atoms with Gasteiger partial charge in [-0.05, 0) is 29.3 Å². The van der Waals surface area contributed by atoms with Crippen LogP contribution < -0.4 is 0 Å². The molecule has 0 N–H and O–H groups in total. The third kappa shape index (κ3) is 3.49. The van der Waals surface area contributed by atoms with Crippen molar-refractivity contribution in [3.63, 3.8) is 0 Å². The third-order valence-electron chi connectivity index (χ3n) is 2.48. The molecular weight excluding hydrogens is 240 g/mol. The van der Waals surface area contributed by atoms with Gasteiger partial charge < -0.3 is 4.42 Å². The lowest BCUT2D eigenvalue weighted by Crippen LogP contribution is -1.84. The van der Waals surface area contributed by atoms with Crippen molar-refractivity contribution in [2.45, 2.75) is 52.4 Å². The molecule has 0 aliphatic rings. The molecule has 0 bridgehead atoms. The highest BCUT2D eigenvalue weighted by Gasteiger charge is 2.06. The zero-order chi connectivity index (χ0) is 10.4. The number of hydrogen-bond acceptors (Lipinski definition) is 1. The van der Waals surface area contributed by atoms with Crippen molar-refractivity contribution in [1.82, 2.24) is 0 Å². The summed E-state index contributed by atoms with van der Waals surface area (Å²) in [6.45, 7) is 4.31. The van der Waals surface area contributed by atoms with Gasteiger partial charge in [-0.1, -0.05) is 32.6 Å². The SMILES string of the molecule is CCCCCCCc1occ(C)c1Br. The van der Waals surface area contributed by atoms with Crippen LogP contribution in [0.2, 0.25) is 0 Å². The van der Waals surface area contributed by atoms with E-state index in [1.54, 1.807) is 0 Å². The topological polar surface area (TPSA) is 13.1 Å². The Morgan fingerprint density at radius 1 is 1.21 bits per heavy atom. The van der Waals surface area contributed by atoms with E-state index in [4.69, 9.17) is 4.42 Å². The standard InChI is InChI=1S/C12H19BrO/c1-3-4-5-6-7-8-11-12(13)10(2)9-14-11/h9H,3-8H2,1-2H3. The first-order chi connectivity index (χ1) is 6.75. The first-order valence-electron chi connectivity index (χ1n) is 5.48. The van der Waals surface area contributed by atoms with E-state index in [9.17, 15) is 0 Å². The minimum Gasteiger partial charge on any atom is -0.468 e. The molecule has 1 nitrogen and oxygen atoms in total. The molecule has 0 fully saturated rings. The van der Waals surface area contributed by atoms with Gasteiger partial charge in [0.2, 0.25) is 0 Å². The molecule has 0 atom stereocenters. The minimum atomic E-state index is 1.07. The smallest absolute Gasteiger partial charge is 0.118 e. The molecule has 0 amide bonds. The van der Waals surface area contributed by atoms with Crippen LogP contribution in [0.1, 0.15) is 50.4 Å². The van der Waals surface area contributed by atoms with Crippen molar-refractivity contribution in [2.24, 2.45) is 0 Å². The van der Waals surface area contributed by atoms with E-state index < -0.39 is 0 Å². The van der Waals surface area contributed by atoms with Gasteiger partial charge in [0.15, 0.2) is 0 Å². The van der Waals surface area contributed by atoms with Crippen LogP contribution >= 0.6 is 15.9 Å². The predicted octanol–water partition coefficient (Wildman–Crippen LogP) is 4.86. The molecule has 0 radical (unpaired) electrons. The fraction of sp³-hybridized carbons (Fsp3) is 0.667. The summed E-state index contributed by atoms with van der Waals surface area (Å²) in [5, 5.41) is 0. The molecule has 0 spiro atoms. The Balaban J connectivity index is 2.21. The van der Waals surface area contributed by atoms with Gasteiger partial charge in [-0.15, -0.1) is 0 Å². The average molecular weight is 259 g/mol. The number of rotatable bonds is 6. The molecule has 0 unspecified atom stereocenters. The summed E-state index contributed by atoms with van der Waals surface area (Å²) in [6, 6.07) is 0. The Morgan fingerprint density at radius 3 is 2.50 bits per heavy atom. The molecule has 80 valence electrons. The zero-order valence-corrected chi connectivity index (χ0v) is 10.7. The summed E-state index contributed by atoms with van der Waals surface area (Å²) in [5.41, 5.74) is 1.20. The van der Waals surface area contributed by atoms with E-state index in [-0.39, 0.29) is 0 Å². The van der Waals surface area contributed by atoms with Crippen molar-refractivity contribution in [3.8, 4) is 0 Å². The number of aryl methyl sites for hydroxylation is 2. The molecule has 1 rings (SSSR count). The Morgan fingerprint density at radius 2 is 1.93 bits per heavy atom. The Hall–Kier alpha value is -0.240. The van der Waals surface area contributed by atoms with Crippen LogP contribution in [-0.4, -0.2) is 0 Å². The number of halogens is 1. The average Bonchev–Trinajstić information content (AvgIpc) is 2.49. The van der Waals surface area contributed by atoms with E-state index >= 15 is 0 Å². The molecular formula is C12H19BrO. The van der Waals surface area contributed by atoms with Crippen molar-refractivity contribution in [2.75, 3.05) is 0 Å². The highest BCUT2D eigenvalue weighted by Crippen LogP contribution is 2.24. The largest absolute Gasteiger partial charge is 0.468 e. The molecule has 2 heteroatoms. The summed E-state index contributed by atoms with van der Waals surface area (Å²) in [6.07, 6.45) is 9.48. The van der Waals surface area contributed by atoms with Gasteiger partial charge in [0.1, 0.15) is 5.76 Å². The van der Waals surface area contributed by atoms with Crippen molar-refractivity contribution in [1.29, 1.82) is 0 Å². The van der Waals surface area contributed by atoms with Crippen molar-refractivity contribution < 1.29 is 4.42 Å². The lowest BCUT2D eigenvalue weighted by atomic mass is 10.1. The van der Waals surface area contributed by atoms with Crippen LogP contribution in [0.5, 0.6) is 0 Å². The van der Waals surface area contributed by atoms with Gasteiger partial charge in [-0.3, -0.25) is 0 Å². The van der Waals surface area contributed by atoms with E-state index in [2.05, 4.69) is 29.8 Å².